The summed E-state index contributed by atoms with van der Waals surface area (Å²) in [5, 5.41) is 10.3. The third-order valence-corrected chi connectivity index (χ3v) is 2.75. The van der Waals surface area contributed by atoms with E-state index in [1.54, 1.807) is 12.1 Å². The van der Waals surface area contributed by atoms with Crippen molar-refractivity contribution >= 4 is 28.5 Å². The highest BCUT2D eigenvalue weighted by Gasteiger charge is 2.09. The Balaban J connectivity index is 2.66. The fourth-order valence-corrected chi connectivity index (χ4v) is 1.89. The van der Waals surface area contributed by atoms with E-state index in [2.05, 4.69) is 4.98 Å². The molecule has 3 nitrogen and oxygen atoms in total. The second-order valence-corrected chi connectivity index (χ2v) is 3.78. The summed E-state index contributed by atoms with van der Waals surface area (Å²) >= 11 is 6.03. The Kier molecular flexibility index (Phi) is 2.40. The molecule has 0 amide bonds. The number of carbonyl (C=O) groups is 1. The van der Waals surface area contributed by atoms with Crippen molar-refractivity contribution in [1.82, 2.24) is 4.98 Å². The molecule has 4 heteroatoms. The van der Waals surface area contributed by atoms with Gasteiger partial charge in [-0.15, -0.1) is 0 Å². The van der Waals surface area contributed by atoms with Crippen molar-refractivity contribution in [2.24, 2.45) is 0 Å². The Labute approximate surface area is 91.7 Å². The van der Waals surface area contributed by atoms with Gasteiger partial charge in [0.2, 0.25) is 0 Å². The molecule has 0 aliphatic carbocycles. The molecule has 2 aromatic rings. The molecule has 0 saturated heterocycles. The average Bonchev–Trinajstić information content (AvgIpc) is 2.59. The molecule has 2 rings (SSSR count). The summed E-state index contributed by atoms with van der Waals surface area (Å²) in [6, 6.07) is 5.27. The van der Waals surface area contributed by atoms with E-state index >= 15 is 0 Å². The number of hydrogen-bond acceptors (Lipinski definition) is 1. The van der Waals surface area contributed by atoms with E-state index in [0.29, 0.717) is 5.02 Å². The number of rotatable bonds is 2. The normalized spacial score (nSPS) is 10.8. The lowest BCUT2D eigenvalue weighted by Crippen LogP contribution is -1.94. The van der Waals surface area contributed by atoms with Crippen molar-refractivity contribution in [3.05, 3.63) is 34.5 Å². The van der Waals surface area contributed by atoms with Gasteiger partial charge in [0.05, 0.1) is 0 Å². The Morgan fingerprint density at radius 3 is 2.80 bits per heavy atom. The maximum absolute atomic E-state index is 10.7. The minimum absolute atomic E-state index is 0.189. The summed E-state index contributed by atoms with van der Waals surface area (Å²) in [6.07, 6.45) is 0.830. The highest BCUT2D eigenvalue weighted by molar-refractivity contribution is 6.32. The van der Waals surface area contributed by atoms with Crippen LogP contribution in [0.5, 0.6) is 0 Å². The number of carboxylic acids is 1. The van der Waals surface area contributed by atoms with Gasteiger partial charge in [0.25, 0.3) is 0 Å². The number of hydrogen-bond donors (Lipinski definition) is 2. The van der Waals surface area contributed by atoms with Crippen LogP contribution >= 0.6 is 11.6 Å². The number of fused-ring (bicyclic) bond motifs is 1. The maximum atomic E-state index is 10.7. The minimum Gasteiger partial charge on any atom is -0.477 e. The first-order valence-electron chi connectivity index (χ1n) is 4.66. The molecule has 0 spiro atoms. The molecule has 78 valence electrons. The zero-order chi connectivity index (χ0) is 11.0. The molecule has 0 saturated carbocycles. The summed E-state index contributed by atoms with van der Waals surface area (Å²) in [6.45, 7) is 2.01. The number of aryl methyl sites for hydroxylation is 1. The molecular weight excluding hydrogens is 214 g/mol. The fraction of sp³-hybridized carbons (Fsp3) is 0.182. The van der Waals surface area contributed by atoms with Crippen LogP contribution in [0, 0.1) is 0 Å². The summed E-state index contributed by atoms with van der Waals surface area (Å²) in [4.78, 5) is 13.6. The third-order valence-electron chi connectivity index (χ3n) is 2.40. The average molecular weight is 224 g/mol. The van der Waals surface area contributed by atoms with E-state index in [-0.39, 0.29) is 5.69 Å². The van der Waals surface area contributed by atoms with Gasteiger partial charge < -0.3 is 10.1 Å². The number of aromatic carboxylic acids is 1. The van der Waals surface area contributed by atoms with Crippen LogP contribution in [0.4, 0.5) is 0 Å². The van der Waals surface area contributed by atoms with Crippen LogP contribution in [-0.2, 0) is 6.42 Å². The van der Waals surface area contributed by atoms with Crippen molar-refractivity contribution in [2.45, 2.75) is 13.3 Å². The number of carboxylic acid groups (broad SMARTS) is 1. The topological polar surface area (TPSA) is 53.1 Å². The van der Waals surface area contributed by atoms with E-state index in [1.165, 1.54) is 0 Å². The highest BCUT2D eigenvalue weighted by atomic mass is 35.5. The molecule has 15 heavy (non-hydrogen) atoms. The molecule has 0 aliphatic rings. The third kappa shape index (κ3) is 1.70. The highest BCUT2D eigenvalue weighted by Crippen LogP contribution is 2.24. The number of aromatic nitrogens is 1. The van der Waals surface area contributed by atoms with Crippen LogP contribution in [0.3, 0.4) is 0 Å². The van der Waals surface area contributed by atoms with Crippen molar-refractivity contribution in [1.29, 1.82) is 0 Å². The first kappa shape index (κ1) is 10.1. The molecule has 1 heterocycles. The smallest absolute Gasteiger partial charge is 0.352 e. The van der Waals surface area contributed by atoms with Crippen molar-refractivity contribution in [3.8, 4) is 0 Å². The van der Waals surface area contributed by atoms with E-state index in [0.717, 1.165) is 22.9 Å². The van der Waals surface area contributed by atoms with Gasteiger partial charge in [-0.1, -0.05) is 18.5 Å². The molecule has 1 aromatic heterocycles. The molecule has 0 fully saturated rings. The van der Waals surface area contributed by atoms with Crippen molar-refractivity contribution < 1.29 is 9.90 Å². The van der Waals surface area contributed by atoms with Gasteiger partial charge in [0.1, 0.15) is 5.69 Å². The van der Waals surface area contributed by atoms with Crippen LogP contribution in [0.15, 0.2) is 18.2 Å². The summed E-state index contributed by atoms with van der Waals surface area (Å²) in [7, 11) is 0. The van der Waals surface area contributed by atoms with Gasteiger partial charge in [-0.25, -0.2) is 4.79 Å². The molecular formula is C11H10ClNO2. The minimum atomic E-state index is -0.958. The Morgan fingerprint density at radius 2 is 2.20 bits per heavy atom. The summed E-state index contributed by atoms with van der Waals surface area (Å²) in [5.41, 5.74) is 2.02. The van der Waals surface area contributed by atoms with E-state index in [1.807, 2.05) is 13.0 Å². The number of halogens is 1. The molecule has 0 bridgehead atoms. The summed E-state index contributed by atoms with van der Waals surface area (Å²) < 4.78 is 0. The summed E-state index contributed by atoms with van der Waals surface area (Å²) in [5.74, 6) is -0.958. The molecule has 0 atom stereocenters. The van der Waals surface area contributed by atoms with Gasteiger partial charge >= 0.3 is 5.97 Å². The number of benzene rings is 1. The zero-order valence-corrected chi connectivity index (χ0v) is 8.93. The van der Waals surface area contributed by atoms with Gasteiger partial charge in [-0.3, -0.25) is 0 Å². The van der Waals surface area contributed by atoms with Crippen LogP contribution in [0.2, 0.25) is 5.02 Å². The lowest BCUT2D eigenvalue weighted by Gasteiger charge is -2.00. The van der Waals surface area contributed by atoms with Gasteiger partial charge in [0, 0.05) is 15.9 Å². The van der Waals surface area contributed by atoms with Gasteiger partial charge in [0.15, 0.2) is 0 Å². The van der Waals surface area contributed by atoms with Crippen LogP contribution in [-0.4, -0.2) is 16.1 Å². The van der Waals surface area contributed by atoms with Crippen LogP contribution < -0.4 is 0 Å². The Bertz CT molecular complexity index is 531. The maximum Gasteiger partial charge on any atom is 0.352 e. The second-order valence-electron chi connectivity index (χ2n) is 3.37. The van der Waals surface area contributed by atoms with Gasteiger partial charge in [-0.2, -0.15) is 0 Å². The van der Waals surface area contributed by atoms with E-state index in [4.69, 9.17) is 16.7 Å². The molecule has 0 aliphatic heterocycles. The number of nitrogens with one attached hydrogen (secondary N) is 1. The fourth-order valence-electron chi connectivity index (χ4n) is 1.58. The largest absolute Gasteiger partial charge is 0.477 e. The Morgan fingerprint density at radius 1 is 1.47 bits per heavy atom. The van der Waals surface area contributed by atoms with Gasteiger partial charge in [-0.05, 0) is 30.2 Å². The molecule has 1 aromatic carbocycles. The van der Waals surface area contributed by atoms with Crippen LogP contribution in [0.1, 0.15) is 23.0 Å². The first-order valence-corrected chi connectivity index (χ1v) is 5.04. The number of aromatic amines is 1. The Hall–Kier alpha value is -1.48. The van der Waals surface area contributed by atoms with Crippen LogP contribution in [0.25, 0.3) is 10.9 Å². The second kappa shape index (κ2) is 3.59. The lowest BCUT2D eigenvalue weighted by atomic mass is 10.1. The molecule has 0 radical (unpaired) electrons. The predicted octanol–water partition coefficient (Wildman–Crippen LogP) is 3.08. The monoisotopic (exact) mass is 223 g/mol. The quantitative estimate of drug-likeness (QED) is 0.822. The van der Waals surface area contributed by atoms with Crippen molar-refractivity contribution in [2.75, 3.05) is 0 Å². The first-order chi connectivity index (χ1) is 7.11. The SMILES string of the molecule is CCc1cc2[nH]c(C(=O)O)cc2cc1Cl. The standard InChI is InChI=1S/C11H10ClNO2/c1-2-6-4-9-7(3-8(6)12)5-10(13-9)11(14)15/h3-5,13H,2H2,1H3,(H,14,15). The molecule has 0 unspecified atom stereocenters. The molecule has 2 N–H and O–H groups in total. The van der Waals surface area contributed by atoms with E-state index in [9.17, 15) is 4.79 Å². The van der Waals surface area contributed by atoms with E-state index < -0.39 is 5.97 Å². The number of H-pyrrole nitrogens is 1. The zero-order valence-electron chi connectivity index (χ0n) is 8.17. The lowest BCUT2D eigenvalue weighted by molar-refractivity contribution is 0.0691. The predicted molar refractivity (Wildman–Crippen MR) is 59.6 cm³/mol. The van der Waals surface area contributed by atoms with Crippen molar-refractivity contribution in [3.63, 3.8) is 0 Å².